The van der Waals surface area contributed by atoms with Gasteiger partial charge in [-0.25, -0.2) is 0 Å². The predicted octanol–water partition coefficient (Wildman–Crippen LogP) is 4.41. The molecule has 28 heavy (non-hydrogen) atoms. The Balaban J connectivity index is 1.96. The standard InChI is InChI=1S/C23H18N2O3/c1-23(22(27)28)13-5-4-6-17(14-23)19-7-2-3-8-20(19)21(26)25-18-11-9-16(15-24)10-12-18/h2-14H,1H3,(H,25,26)(H,27,28). The summed E-state index contributed by atoms with van der Waals surface area (Å²) in [6.45, 7) is 1.61. The van der Waals surface area contributed by atoms with E-state index >= 15 is 0 Å². The molecule has 5 nitrogen and oxygen atoms in total. The molecule has 0 heterocycles. The third-order valence-corrected chi connectivity index (χ3v) is 4.50. The van der Waals surface area contributed by atoms with E-state index in [4.69, 9.17) is 5.26 Å². The van der Waals surface area contributed by atoms with Crippen molar-refractivity contribution >= 4 is 23.1 Å². The second kappa shape index (κ2) is 7.77. The van der Waals surface area contributed by atoms with E-state index in [0.717, 1.165) is 0 Å². The lowest BCUT2D eigenvalue weighted by Gasteiger charge is -2.18. The van der Waals surface area contributed by atoms with Crippen LogP contribution in [-0.2, 0) is 4.79 Å². The van der Waals surface area contributed by atoms with E-state index in [-0.39, 0.29) is 5.91 Å². The number of anilines is 1. The molecule has 0 radical (unpaired) electrons. The number of nitriles is 1. The normalized spacial score (nSPS) is 17.9. The molecular weight excluding hydrogens is 352 g/mol. The number of benzene rings is 2. The van der Waals surface area contributed by atoms with Crippen LogP contribution in [0.3, 0.4) is 0 Å². The van der Waals surface area contributed by atoms with Gasteiger partial charge in [-0.3, -0.25) is 9.59 Å². The molecule has 0 fully saturated rings. The summed E-state index contributed by atoms with van der Waals surface area (Å²) in [4.78, 5) is 24.5. The lowest BCUT2D eigenvalue weighted by molar-refractivity contribution is -0.142. The van der Waals surface area contributed by atoms with Crippen LogP contribution in [0.5, 0.6) is 0 Å². The summed E-state index contributed by atoms with van der Waals surface area (Å²) in [5.41, 5.74) is 1.63. The SMILES string of the molecule is CC1(C(=O)O)C=CC=CC(c2ccccc2C(=O)Nc2ccc(C#N)cc2)=C1. The number of carbonyl (C=O) groups excluding carboxylic acids is 1. The van der Waals surface area contributed by atoms with Gasteiger partial charge in [-0.1, -0.05) is 48.6 Å². The Morgan fingerprint density at radius 1 is 1.07 bits per heavy atom. The molecule has 2 aromatic rings. The fourth-order valence-electron chi connectivity index (χ4n) is 2.89. The van der Waals surface area contributed by atoms with E-state index in [9.17, 15) is 14.7 Å². The van der Waals surface area contributed by atoms with E-state index in [1.54, 1.807) is 85.8 Å². The van der Waals surface area contributed by atoms with Crippen molar-refractivity contribution in [2.75, 3.05) is 5.32 Å². The minimum Gasteiger partial charge on any atom is -0.480 e. The second-order valence-electron chi connectivity index (χ2n) is 6.59. The van der Waals surface area contributed by atoms with Crippen LogP contribution in [0.1, 0.15) is 28.4 Å². The number of rotatable bonds is 4. The van der Waals surface area contributed by atoms with Gasteiger partial charge in [0.15, 0.2) is 0 Å². The van der Waals surface area contributed by atoms with E-state index in [1.165, 1.54) is 0 Å². The first-order chi connectivity index (χ1) is 13.4. The third kappa shape index (κ3) is 3.92. The summed E-state index contributed by atoms with van der Waals surface area (Å²) in [5, 5.41) is 21.3. The molecule has 1 aliphatic carbocycles. The molecule has 0 spiro atoms. The number of carbonyl (C=O) groups is 2. The first-order valence-corrected chi connectivity index (χ1v) is 8.66. The van der Waals surface area contributed by atoms with E-state index < -0.39 is 11.4 Å². The Bertz CT molecular complexity index is 1060. The quantitative estimate of drug-likeness (QED) is 0.834. The lowest BCUT2D eigenvalue weighted by Crippen LogP contribution is -2.22. The number of allylic oxidation sites excluding steroid dienone is 4. The molecule has 0 bridgehead atoms. The van der Waals surface area contributed by atoms with E-state index in [2.05, 4.69) is 5.32 Å². The molecule has 1 aliphatic rings. The van der Waals surface area contributed by atoms with Crippen LogP contribution in [0.25, 0.3) is 5.57 Å². The summed E-state index contributed by atoms with van der Waals surface area (Å²) in [6.07, 6.45) is 8.49. The number of amides is 1. The number of hydrogen-bond donors (Lipinski definition) is 2. The lowest BCUT2D eigenvalue weighted by atomic mass is 9.86. The number of carboxylic acid groups (broad SMARTS) is 1. The summed E-state index contributed by atoms with van der Waals surface area (Å²) in [6, 6.07) is 15.7. The molecular formula is C23H18N2O3. The van der Waals surface area contributed by atoms with Gasteiger partial charge in [-0.05, 0) is 48.4 Å². The molecule has 2 N–H and O–H groups in total. The van der Waals surface area contributed by atoms with Gasteiger partial charge in [0.25, 0.3) is 5.91 Å². The average Bonchev–Trinajstić information content (AvgIpc) is 2.91. The van der Waals surface area contributed by atoms with Gasteiger partial charge < -0.3 is 10.4 Å². The maximum Gasteiger partial charge on any atom is 0.317 e. The molecule has 3 rings (SSSR count). The first-order valence-electron chi connectivity index (χ1n) is 8.66. The summed E-state index contributed by atoms with van der Waals surface area (Å²) < 4.78 is 0. The zero-order valence-corrected chi connectivity index (χ0v) is 15.2. The zero-order valence-electron chi connectivity index (χ0n) is 15.2. The Hall–Kier alpha value is -3.91. The van der Waals surface area contributed by atoms with Crippen molar-refractivity contribution in [2.45, 2.75) is 6.92 Å². The monoisotopic (exact) mass is 370 g/mol. The fourth-order valence-corrected chi connectivity index (χ4v) is 2.89. The van der Waals surface area contributed by atoms with Crippen LogP contribution in [0, 0.1) is 16.7 Å². The topological polar surface area (TPSA) is 90.2 Å². The Kier molecular flexibility index (Phi) is 5.23. The van der Waals surface area contributed by atoms with Crippen molar-refractivity contribution in [3.05, 3.63) is 95.6 Å². The minimum atomic E-state index is -1.17. The van der Waals surface area contributed by atoms with E-state index in [1.807, 2.05) is 6.07 Å². The second-order valence-corrected chi connectivity index (χ2v) is 6.59. The maximum absolute atomic E-state index is 12.9. The molecule has 0 saturated heterocycles. The van der Waals surface area contributed by atoms with Crippen molar-refractivity contribution in [1.29, 1.82) is 5.26 Å². The van der Waals surface area contributed by atoms with Crippen molar-refractivity contribution in [1.82, 2.24) is 0 Å². The summed E-state index contributed by atoms with van der Waals surface area (Å²) in [7, 11) is 0. The molecule has 1 amide bonds. The van der Waals surface area contributed by atoms with Crippen LogP contribution in [0.15, 0.2) is 78.9 Å². The van der Waals surface area contributed by atoms with Crippen molar-refractivity contribution < 1.29 is 14.7 Å². The Labute approximate surface area is 162 Å². The van der Waals surface area contributed by atoms with Gasteiger partial charge in [-0.2, -0.15) is 5.26 Å². The molecule has 0 saturated carbocycles. The highest BCUT2D eigenvalue weighted by Crippen LogP contribution is 2.31. The van der Waals surface area contributed by atoms with Gasteiger partial charge in [0.1, 0.15) is 5.41 Å². The van der Waals surface area contributed by atoms with Crippen LogP contribution >= 0.6 is 0 Å². The predicted molar refractivity (Wildman–Crippen MR) is 108 cm³/mol. The van der Waals surface area contributed by atoms with Gasteiger partial charge in [0.2, 0.25) is 0 Å². The number of nitrogens with one attached hydrogen (secondary N) is 1. The number of carboxylic acids is 1. The largest absolute Gasteiger partial charge is 0.480 e. The highest BCUT2D eigenvalue weighted by molar-refractivity contribution is 6.08. The summed E-state index contributed by atoms with van der Waals surface area (Å²) in [5.74, 6) is -1.28. The fraction of sp³-hybridized carbons (Fsp3) is 0.0870. The number of aliphatic carboxylic acids is 1. The molecule has 0 aliphatic heterocycles. The van der Waals surface area contributed by atoms with Crippen LogP contribution in [0.2, 0.25) is 0 Å². The molecule has 1 atom stereocenters. The van der Waals surface area contributed by atoms with Crippen molar-refractivity contribution in [3.8, 4) is 6.07 Å². The van der Waals surface area contributed by atoms with Crippen LogP contribution < -0.4 is 5.32 Å². The average molecular weight is 370 g/mol. The summed E-state index contributed by atoms with van der Waals surface area (Å²) >= 11 is 0. The molecule has 5 heteroatoms. The highest BCUT2D eigenvalue weighted by Gasteiger charge is 2.29. The minimum absolute atomic E-state index is 0.316. The molecule has 1 unspecified atom stereocenters. The van der Waals surface area contributed by atoms with Gasteiger partial charge in [0, 0.05) is 11.3 Å². The molecule has 138 valence electrons. The maximum atomic E-state index is 12.9. The number of nitrogens with zero attached hydrogens (tertiary/aromatic N) is 1. The van der Waals surface area contributed by atoms with Crippen molar-refractivity contribution in [2.24, 2.45) is 5.41 Å². The smallest absolute Gasteiger partial charge is 0.317 e. The first kappa shape index (κ1) is 18.9. The molecule has 2 aromatic carbocycles. The van der Waals surface area contributed by atoms with E-state index in [0.29, 0.717) is 28.0 Å². The Morgan fingerprint density at radius 3 is 2.46 bits per heavy atom. The van der Waals surface area contributed by atoms with Crippen molar-refractivity contribution in [3.63, 3.8) is 0 Å². The number of hydrogen-bond acceptors (Lipinski definition) is 3. The van der Waals surface area contributed by atoms with Gasteiger partial charge >= 0.3 is 5.97 Å². The van der Waals surface area contributed by atoms with Gasteiger partial charge in [0.05, 0.1) is 11.6 Å². The zero-order chi connectivity index (χ0) is 20.1. The van der Waals surface area contributed by atoms with Crippen LogP contribution in [0.4, 0.5) is 5.69 Å². The van der Waals surface area contributed by atoms with Crippen LogP contribution in [-0.4, -0.2) is 17.0 Å². The molecule has 0 aromatic heterocycles. The third-order valence-electron chi connectivity index (χ3n) is 4.50. The highest BCUT2D eigenvalue weighted by atomic mass is 16.4. The van der Waals surface area contributed by atoms with Gasteiger partial charge in [-0.15, -0.1) is 0 Å². The Morgan fingerprint density at radius 2 is 1.79 bits per heavy atom.